The van der Waals surface area contributed by atoms with Crippen molar-refractivity contribution in [3.63, 3.8) is 0 Å². The zero-order chi connectivity index (χ0) is 23.1. The molecule has 9 heteroatoms. The molecule has 33 heavy (non-hydrogen) atoms. The van der Waals surface area contributed by atoms with E-state index in [1.165, 1.54) is 16.3 Å². The molecule has 0 saturated carbocycles. The van der Waals surface area contributed by atoms with Gasteiger partial charge in [-0.3, -0.25) is 9.59 Å². The van der Waals surface area contributed by atoms with Crippen LogP contribution in [0.5, 0.6) is 0 Å². The summed E-state index contributed by atoms with van der Waals surface area (Å²) >= 11 is 15.1. The van der Waals surface area contributed by atoms with Crippen LogP contribution in [0, 0.1) is 0 Å². The Morgan fingerprint density at radius 3 is 2.70 bits per heavy atom. The third kappa shape index (κ3) is 4.36. The molecule has 168 valence electrons. The minimum atomic E-state index is -0.375. The van der Waals surface area contributed by atoms with Gasteiger partial charge in [0.1, 0.15) is 4.83 Å². The highest BCUT2D eigenvalue weighted by atomic mass is 35.5. The molecule has 0 spiro atoms. The van der Waals surface area contributed by atoms with Crippen LogP contribution in [0.25, 0.3) is 10.2 Å². The number of aromatic nitrogens is 2. The fourth-order valence-corrected chi connectivity index (χ4v) is 6.51. The first kappa shape index (κ1) is 22.6. The monoisotopic (exact) mass is 515 g/mol. The van der Waals surface area contributed by atoms with Crippen molar-refractivity contribution < 1.29 is 4.79 Å². The van der Waals surface area contributed by atoms with Crippen molar-refractivity contribution in [3.8, 4) is 0 Å². The van der Waals surface area contributed by atoms with Gasteiger partial charge in [-0.2, -0.15) is 0 Å². The maximum atomic E-state index is 13.7. The summed E-state index contributed by atoms with van der Waals surface area (Å²) in [5, 5.41) is 1.90. The molecule has 0 bridgehead atoms. The minimum Gasteiger partial charge on any atom is -0.301 e. The van der Waals surface area contributed by atoms with Crippen LogP contribution in [0.15, 0.2) is 58.5 Å². The highest BCUT2D eigenvalue weighted by Gasteiger charge is 2.26. The van der Waals surface area contributed by atoms with Crippen LogP contribution >= 0.6 is 46.3 Å². The third-order valence-corrected chi connectivity index (χ3v) is 8.47. The first-order valence-corrected chi connectivity index (χ1v) is 12.9. The number of carbonyl (C=O) groups excluding carboxylic acids is 1. The van der Waals surface area contributed by atoms with Crippen LogP contribution in [-0.4, -0.2) is 34.0 Å². The van der Waals surface area contributed by atoms with Gasteiger partial charge in [0.05, 0.1) is 15.4 Å². The van der Waals surface area contributed by atoms with Crippen molar-refractivity contribution >= 4 is 62.4 Å². The molecule has 2 aromatic heterocycles. The molecule has 5 rings (SSSR count). The predicted molar refractivity (Wildman–Crippen MR) is 136 cm³/mol. The second-order valence-electron chi connectivity index (χ2n) is 7.91. The Kier molecular flexibility index (Phi) is 6.33. The summed E-state index contributed by atoms with van der Waals surface area (Å²) < 4.78 is 1.23. The van der Waals surface area contributed by atoms with Crippen molar-refractivity contribution in [2.75, 3.05) is 13.6 Å². The summed E-state index contributed by atoms with van der Waals surface area (Å²) in [5.74, 6) is 0.115. The molecule has 1 aliphatic rings. The molecule has 0 amide bonds. The highest BCUT2D eigenvalue weighted by Crippen LogP contribution is 2.34. The van der Waals surface area contributed by atoms with Gasteiger partial charge in [0.15, 0.2) is 5.16 Å². The van der Waals surface area contributed by atoms with Crippen molar-refractivity contribution in [3.05, 3.63) is 90.5 Å². The number of hydrogen-bond donors (Lipinski definition) is 0. The maximum Gasteiger partial charge on any atom is 0.270 e. The Bertz CT molecular complexity index is 1430. The predicted octanol–water partition coefficient (Wildman–Crippen LogP) is 5.73. The highest BCUT2D eigenvalue weighted by molar-refractivity contribution is 7.98. The molecule has 3 heterocycles. The van der Waals surface area contributed by atoms with Crippen LogP contribution < -0.4 is 5.56 Å². The van der Waals surface area contributed by atoms with Gasteiger partial charge in [0, 0.05) is 29.3 Å². The van der Waals surface area contributed by atoms with Crippen LogP contribution in [0.3, 0.4) is 0 Å². The number of carbonyl (C=O) groups is 1. The minimum absolute atomic E-state index is 0.299. The van der Waals surface area contributed by atoms with E-state index in [0.29, 0.717) is 36.7 Å². The molecule has 2 aromatic carbocycles. The fourth-order valence-electron chi connectivity index (χ4n) is 3.91. The Hall–Kier alpha value is -2.16. The molecule has 0 radical (unpaired) electrons. The number of nitrogens with zero attached hydrogens (tertiary/aromatic N) is 3. The Morgan fingerprint density at radius 2 is 1.94 bits per heavy atom. The van der Waals surface area contributed by atoms with E-state index in [-0.39, 0.29) is 11.5 Å². The number of benzene rings is 2. The number of rotatable bonds is 4. The molecule has 5 nitrogen and oxygen atoms in total. The van der Waals surface area contributed by atoms with E-state index >= 15 is 0 Å². The van der Waals surface area contributed by atoms with Crippen LogP contribution in [0.1, 0.15) is 26.4 Å². The molecule has 4 aromatic rings. The lowest BCUT2D eigenvalue weighted by molar-refractivity contribution is 0.0944. The first-order valence-electron chi connectivity index (χ1n) is 10.3. The fraction of sp³-hybridized carbons (Fsp3) is 0.208. The molecular weight excluding hydrogens is 497 g/mol. The largest absolute Gasteiger partial charge is 0.301 e. The van der Waals surface area contributed by atoms with Gasteiger partial charge in [0.25, 0.3) is 11.5 Å². The zero-order valence-corrected chi connectivity index (χ0v) is 20.8. The molecule has 0 fully saturated rings. The Morgan fingerprint density at radius 1 is 1.15 bits per heavy atom. The SMILES string of the molecule is CN1CCc2c(sc3nc(SCc4ccc(Cl)c(Cl)c4)n(C(=O)c4ccccc4)c(=O)c23)C1. The van der Waals surface area contributed by atoms with Gasteiger partial charge in [-0.1, -0.05) is 59.2 Å². The number of fused-ring (bicyclic) bond motifs is 3. The summed E-state index contributed by atoms with van der Waals surface area (Å²) in [6, 6.07) is 14.2. The topological polar surface area (TPSA) is 55.2 Å². The Balaban J connectivity index is 1.63. The maximum absolute atomic E-state index is 13.7. The molecule has 0 N–H and O–H groups in total. The van der Waals surface area contributed by atoms with Crippen LogP contribution in [0.2, 0.25) is 10.0 Å². The lowest BCUT2D eigenvalue weighted by atomic mass is 10.1. The van der Waals surface area contributed by atoms with Gasteiger partial charge in [-0.25, -0.2) is 9.55 Å². The molecular formula is C24H19Cl2N3O2S2. The van der Waals surface area contributed by atoms with Crippen molar-refractivity contribution in [2.24, 2.45) is 0 Å². The van der Waals surface area contributed by atoms with E-state index in [0.717, 1.165) is 35.5 Å². The number of hydrogen-bond acceptors (Lipinski definition) is 6. The van der Waals surface area contributed by atoms with Crippen molar-refractivity contribution in [2.45, 2.75) is 23.9 Å². The smallest absolute Gasteiger partial charge is 0.270 e. The van der Waals surface area contributed by atoms with Gasteiger partial charge in [-0.05, 0) is 48.9 Å². The van der Waals surface area contributed by atoms with Crippen molar-refractivity contribution in [1.82, 2.24) is 14.5 Å². The summed E-state index contributed by atoms with van der Waals surface area (Å²) in [6.07, 6.45) is 0.776. The summed E-state index contributed by atoms with van der Waals surface area (Å²) in [6.45, 7) is 1.66. The standard InChI is InChI=1S/C24H19Cl2N3O2S2/c1-28-10-9-16-19(12-28)33-21-20(16)23(31)29(22(30)15-5-3-2-4-6-15)24(27-21)32-13-14-7-8-17(25)18(26)11-14/h2-8,11H,9-10,12-13H2,1H3. The number of thiophene rings is 1. The number of thioether (sulfide) groups is 1. The second-order valence-corrected chi connectivity index (χ2v) is 10.8. The number of halogens is 2. The zero-order valence-electron chi connectivity index (χ0n) is 17.7. The van der Waals surface area contributed by atoms with Gasteiger partial charge < -0.3 is 4.90 Å². The molecule has 0 unspecified atom stereocenters. The summed E-state index contributed by atoms with van der Waals surface area (Å²) in [5.41, 5.74) is 2.10. The average molecular weight is 516 g/mol. The average Bonchev–Trinajstić information content (AvgIpc) is 3.17. The van der Waals surface area contributed by atoms with E-state index < -0.39 is 0 Å². The Labute approximate surface area is 209 Å². The van der Waals surface area contributed by atoms with Crippen LogP contribution in [-0.2, 0) is 18.7 Å². The van der Waals surface area contributed by atoms with E-state index in [2.05, 4.69) is 11.9 Å². The van der Waals surface area contributed by atoms with Crippen molar-refractivity contribution in [1.29, 1.82) is 0 Å². The molecule has 0 saturated heterocycles. The van der Waals surface area contributed by atoms with Gasteiger partial charge in [-0.15, -0.1) is 11.3 Å². The lowest BCUT2D eigenvalue weighted by Crippen LogP contribution is -2.31. The van der Waals surface area contributed by atoms with Gasteiger partial charge in [0.2, 0.25) is 0 Å². The quantitative estimate of drug-likeness (QED) is 0.256. The van der Waals surface area contributed by atoms with Gasteiger partial charge >= 0.3 is 0 Å². The molecule has 0 aliphatic carbocycles. The summed E-state index contributed by atoms with van der Waals surface area (Å²) in [4.78, 5) is 36.1. The van der Waals surface area contributed by atoms with Crippen LogP contribution in [0.4, 0.5) is 0 Å². The third-order valence-electron chi connectivity index (χ3n) is 5.61. The van der Waals surface area contributed by atoms with E-state index in [1.54, 1.807) is 47.7 Å². The van der Waals surface area contributed by atoms with E-state index in [1.807, 2.05) is 12.1 Å². The molecule has 0 atom stereocenters. The molecule has 1 aliphatic heterocycles. The second kappa shape index (κ2) is 9.24. The van der Waals surface area contributed by atoms with E-state index in [4.69, 9.17) is 28.2 Å². The summed E-state index contributed by atoms with van der Waals surface area (Å²) in [7, 11) is 2.07. The lowest BCUT2D eigenvalue weighted by Gasteiger charge is -2.21. The normalized spacial score (nSPS) is 13.9. The number of likely N-dealkylation sites (N-methyl/N-ethyl adjacent to an activating group) is 1. The van der Waals surface area contributed by atoms with E-state index in [9.17, 15) is 9.59 Å². The first-order chi connectivity index (χ1) is 15.9.